The Balaban J connectivity index is 6.63. The lowest BCUT2D eigenvalue weighted by Crippen LogP contribution is -2.53. The van der Waals surface area contributed by atoms with Crippen molar-refractivity contribution in [2.45, 2.75) is 86.5 Å². The van der Waals surface area contributed by atoms with Crippen LogP contribution in [0.3, 0.4) is 0 Å². The SMILES string of the molecule is CC(C)(CC(C)(CC(C)(CC(C)(C)C(=O)NCCC[N+](C)(C)C)C(=O)NCCC[N+](C)(C)C)C(=O)NCCC[N+](C)(C)C)C(=O)NCCC[N+](C)(C)C. The van der Waals surface area contributed by atoms with E-state index in [0.717, 1.165) is 69.8 Å². The lowest BCUT2D eigenvalue weighted by atomic mass is 9.61. The van der Waals surface area contributed by atoms with Gasteiger partial charge in [-0.2, -0.15) is 0 Å². The molecule has 4 N–H and O–H groups in total. The number of nitrogens with one attached hydrogen (secondary N) is 4. The van der Waals surface area contributed by atoms with Crippen LogP contribution in [0.4, 0.5) is 0 Å². The Labute approximate surface area is 326 Å². The average Bonchev–Trinajstić information content (AvgIpc) is 2.94. The van der Waals surface area contributed by atoms with E-state index in [1.807, 2.05) is 41.5 Å². The Hall–Kier alpha value is -2.28. The minimum Gasteiger partial charge on any atom is -0.355 e. The van der Waals surface area contributed by atoms with Gasteiger partial charge in [-0.3, -0.25) is 19.2 Å². The zero-order valence-corrected chi connectivity index (χ0v) is 38.0. The lowest BCUT2D eigenvalue weighted by Gasteiger charge is -2.43. The van der Waals surface area contributed by atoms with Crippen molar-refractivity contribution in [1.29, 1.82) is 0 Å². The smallest absolute Gasteiger partial charge is 0.226 e. The molecule has 0 aliphatic heterocycles. The highest BCUT2D eigenvalue weighted by Gasteiger charge is 2.51. The van der Waals surface area contributed by atoms with Crippen molar-refractivity contribution in [3.8, 4) is 0 Å². The third-order valence-corrected chi connectivity index (χ3v) is 9.94. The van der Waals surface area contributed by atoms with Crippen LogP contribution in [0.15, 0.2) is 0 Å². The second kappa shape index (κ2) is 20.1. The molecule has 0 rings (SSSR count). The van der Waals surface area contributed by atoms with Crippen LogP contribution in [0.2, 0.25) is 0 Å². The molecule has 2 atom stereocenters. The summed E-state index contributed by atoms with van der Waals surface area (Å²) in [6.45, 7) is 17.1. The van der Waals surface area contributed by atoms with Gasteiger partial charge in [0.25, 0.3) is 0 Å². The van der Waals surface area contributed by atoms with E-state index in [1.54, 1.807) is 0 Å². The molecule has 2 unspecified atom stereocenters. The predicted molar refractivity (Wildman–Crippen MR) is 220 cm³/mol. The molecule has 0 aliphatic rings. The lowest BCUT2D eigenvalue weighted by molar-refractivity contribution is -0.870. The number of rotatable bonds is 26. The maximum atomic E-state index is 14.4. The van der Waals surface area contributed by atoms with E-state index >= 15 is 0 Å². The fourth-order valence-electron chi connectivity index (χ4n) is 7.35. The van der Waals surface area contributed by atoms with Gasteiger partial charge in [-0.25, -0.2) is 0 Å². The molecule has 0 aromatic rings. The van der Waals surface area contributed by atoms with E-state index in [4.69, 9.17) is 0 Å². The van der Waals surface area contributed by atoms with Crippen LogP contribution in [-0.2, 0) is 19.2 Å². The fraction of sp³-hybridized carbons (Fsp3) is 0.902. The molecule has 0 aliphatic carbocycles. The highest BCUT2D eigenvalue weighted by Crippen LogP contribution is 2.47. The van der Waals surface area contributed by atoms with E-state index in [2.05, 4.69) is 106 Å². The van der Waals surface area contributed by atoms with Crippen LogP contribution >= 0.6 is 0 Å². The first-order chi connectivity index (χ1) is 23.6. The van der Waals surface area contributed by atoms with Crippen molar-refractivity contribution < 1.29 is 37.1 Å². The first-order valence-corrected chi connectivity index (χ1v) is 20.0. The molecule has 0 saturated carbocycles. The van der Waals surface area contributed by atoms with E-state index in [9.17, 15) is 19.2 Å². The maximum absolute atomic E-state index is 14.4. The summed E-state index contributed by atoms with van der Waals surface area (Å²) < 4.78 is 3.19. The largest absolute Gasteiger partial charge is 0.355 e. The van der Waals surface area contributed by atoms with Crippen molar-refractivity contribution in [2.75, 3.05) is 137 Å². The molecule has 53 heavy (non-hydrogen) atoms. The zero-order chi connectivity index (χ0) is 41.7. The number of hydrogen-bond donors (Lipinski definition) is 4. The minimum atomic E-state index is -1.09. The molecule has 4 amide bonds. The Morgan fingerprint density at radius 3 is 0.774 bits per heavy atom. The highest BCUT2D eigenvalue weighted by atomic mass is 16.2. The quantitative estimate of drug-likeness (QED) is 0.0803. The van der Waals surface area contributed by atoms with E-state index in [1.165, 1.54) is 0 Å². The molecular weight excluding hydrogens is 669 g/mol. The minimum absolute atomic E-state index is 0.108. The van der Waals surface area contributed by atoms with E-state index in [-0.39, 0.29) is 42.9 Å². The van der Waals surface area contributed by atoms with Crippen molar-refractivity contribution >= 4 is 23.6 Å². The van der Waals surface area contributed by atoms with Crippen molar-refractivity contribution in [2.24, 2.45) is 21.7 Å². The molecule has 0 radical (unpaired) electrons. The summed E-state index contributed by atoms with van der Waals surface area (Å²) in [5.74, 6) is -0.557. The Morgan fingerprint density at radius 1 is 0.358 bits per heavy atom. The van der Waals surface area contributed by atoms with Crippen LogP contribution < -0.4 is 21.3 Å². The van der Waals surface area contributed by atoms with Crippen LogP contribution in [0, 0.1) is 21.7 Å². The van der Waals surface area contributed by atoms with Gasteiger partial charge >= 0.3 is 0 Å². The summed E-state index contributed by atoms with van der Waals surface area (Å²) in [6, 6.07) is 0. The molecule has 0 fully saturated rings. The van der Waals surface area contributed by atoms with Crippen LogP contribution in [0.1, 0.15) is 86.5 Å². The summed E-state index contributed by atoms with van der Waals surface area (Å²) in [5, 5.41) is 12.6. The molecule has 12 heteroatoms. The second-order valence-corrected chi connectivity index (χ2v) is 21.9. The molecule has 0 aromatic carbocycles. The van der Waals surface area contributed by atoms with Crippen molar-refractivity contribution in [3.63, 3.8) is 0 Å². The molecule has 312 valence electrons. The standard InChI is InChI=1S/C41H84N8O4/c1-38(2,34(50)42-23-19-27-46(7,8)9)31-40(5,36(52)44-25-21-29-48(13,14)15)33-41(6,37(53)45-26-22-30-49(16,17)18)32-39(3,4)35(51)43-24-20-28-47(10,11)12/h19-33H2,1-18H3/p+4. The second-order valence-electron chi connectivity index (χ2n) is 21.9. The fourth-order valence-corrected chi connectivity index (χ4v) is 7.35. The van der Waals surface area contributed by atoms with Gasteiger partial charge < -0.3 is 39.2 Å². The summed E-state index contributed by atoms with van der Waals surface area (Å²) in [4.78, 5) is 56.3. The van der Waals surface area contributed by atoms with Gasteiger partial charge in [0.1, 0.15) is 0 Å². The third kappa shape index (κ3) is 22.0. The predicted octanol–water partition coefficient (Wildman–Crippen LogP) is 3.07. The number of amides is 4. The monoisotopic (exact) mass is 757 g/mol. The molecular formula is C41H88N8O4+4. The molecule has 0 bridgehead atoms. The van der Waals surface area contributed by atoms with Crippen LogP contribution in [-0.4, -0.2) is 178 Å². The van der Waals surface area contributed by atoms with Gasteiger partial charge in [-0.1, -0.05) is 41.5 Å². The van der Waals surface area contributed by atoms with Gasteiger partial charge in [-0.05, 0) is 19.3 Å². The van der Waals surface area contributed by atoms with E-state index < -0.39 is 21.7 Å². The highest BCUT2D eigenvalue weighted by molar-refractivity contribution is 5.89. The van der Waals surface area contributed by atoms with Gasteiger partial charge in [0.2, 0.25) is 23.6 Å². The maximum Gasteiger partial charge on any atom is 0.226 e. The summed E-state index contributed by atoms with van der Waals surface area (Å²) in [7, 11) is 25.5. The number of carbonyl (C=O) groups is 4. The topological polar surface area (TPSA) is 116 Å². The van der Waals surface area contributed by atoms with Gasteiger partial charge in [0, 0.05) is 73.5 Å². The molecule has 0 spiro atoms. The van der Waals surface area contributed by atoms with Crippen molar-refractivity contribution in [1.82, 2.24) is 21.3 Å². The Bertz CT molecular complexity index is 1080. The Kier molecular flexibility index (Phi) is 19.2. The molecule has 0 heterocycles. The normalized spacial score (nSPS) is 15.6. The first kappa shape index (κ1) is 50.7. The van der Waals surface area contributed by atoms with Gasteiger partial charge in [-0.15, -0.1) is 0 Å². The van der Waals surface area contributed by atoms with Crippen LogP contribution in [0.5, 0.6) is 0 Å². The van der Waals surface area contributed by atoms with Gasteiger partial charge in [0.05, 0.1) is 111 Å². The van der Waals surface area contributed by atoms with Crippen LogP contribution in [0.25, 0.3) is 0 Å². The Morgan fingerprint density at radius 2 is 0.566 bits per heavy atom. The molecule has 0 aromatic heterocycles. The number of nitrogens with zero attached hydrogens (tertiary/aromatic N) is 4. The summed E-state index contributed by atoms with van der Waals surface area (Å²) >= 11 is 0. The molecule has 0 saturated heterocycles. The first-order valence-electron chi connectivity index (χ1n) is 20.0. The number of hydrogen-bond acceptors (Lipinski definition) is 4. The summed E-state index contributed by atoms with van der Waals surface area (Å²) in [5.41, 5.74) is -3.98. The molecule has 12 nitrogen and oxygen atoms in total. The average molecular weight is 757 g/mol. The number of carbonyl (C=O) groups excluding carboxylic acids is 4. The third-order valence-electron chi connectivity index (χ3n) is 9.94. The number of quaternary nitrogens is 4. The van der Waals surface area contributed by atoms with Gasteiger partial charge in [0.15, 0.2) is 0 Å². The van der Waals surface area contributed by atoms with E-state index in [0.29, 0.717) is 26.2 Å². The zero-order valence-electron chi connectivity index (χ0n) is 38.0. The summed E-state index contributed by atoms with van der Waals surface area (Å²) in [6.07, 6.45) is 3.94. The van der Waals surface area contributed by atoms with Crippen molar-refractivity contribution in [3.05, 3.63) is 0 Å².